The smallest absolute Gasteiger partial charge is 0.165 e. The van der Waals surface area contributed by atoms with Crippen molar-refractivity contribution < 1.29 is 14.2 Å². The van der Waals surface area contributed by atoms with E-state index >= 15 is 0 Å². The first-order chi connectivity index (χ1) is 8.16. The number of nitrogens with one attached hydrogen (secondary N) is 1. The van der Waals surface area contributed by atoms with Gasteiger partial charge in [0.2, 0.25) is 0 Å². The van der Waals surface area contributed by atoms with Crippen molar-refractivity contribution in [2.45, 2.75) is 38.5 Å². The number of rotatable bonds is 6. The highest BCUT2D eigenvalue weighted by atomic mass is 19.1. The summed E-state index contributed by atoms with van der Waals surface area (Å²) in [5.74, 6) is -0.123. The van der Waals surface area contributed by atoms with Crippen molar-refractivity contribution in [1.82, 2.24) is 5.32 Å². The lowest BCUT2D eigenvalue weighted by atomic mass is 10.2. The zero-order valence-corrected chi connectivity index (χ0v) is 9.95. The Labute approximate surface area is 101 Å². The Kier molecular flexibility index (Phi) is 3.97. The molecule has 0 radical (unpaired) electrons. The van der Waals surface area contributed by atoms with Crippen LogP contribution in [-0.4, -0.2) is 23.9 Å². The molecule has 94 valence electrons. The van der Waals surface area contributed by atoms with Crippen LogP contribution in [0.3, 0.4) is 0 Å². The normalized spacial score (nSPS) is 16.9. The minimum absolute atomic E-state index is 0.108. The van der Waals surface area contributed by atoms with Crippen LogP contribution in [-0.2, 0) is 6.54 Å². The van der Waals surface area contributed by atoms with E-state index in [0.29, 0.717) is 12.6 Å². The number of benzene rings is 1. The van der Waals surface area contributed by atoms with Crippen LogP contribution in [0.15, 0.2) is 18.2 Å². The molecule has 2 N–H and O–H groups in total. The van der Waals surface area contributed by atoms with E-state index in [4.69, 9.17) is 9.84 Å². The molecule has 0 spiro atoms. The molecule has 0 amide bonds. The van der Waals surface area contributed by atoms with E-state index in [1.54, 1.807) is 13.0 Å². The van der Waals surface area contributed by atoms with Gasteiger partial charge in [-0.3, -0.25) is 0 Å². The van der Waals surface area contributed by atoms with Gasteiger partial charge >= 0.3 is 0 Å². The summed E-state index contributed by atoms with van der Waals surface area (Å²) in [4.78, 5) is 0. The number of ether oxygens (including phenoxy) is 1. The second-order valence-corrected chi connectivity index (χ2v) is 4.54. The molecule has 1 aliphatic carbocycles. The lowest BCUT2D eigenvalue weighted by Gasteiger charge is -2.14. The van der Waals surface area contributed by atoms with Crippen molar-refractivity contribution in [3.05, 3.63) is 29.6 Å². The van der Waals surface area contributed by atoms with Crippen molar-refractivity contribution >= 4 is 0 Å². The van der Waals surface area contributed by atoms with Crippen molar-refractivity contribution in [2.24, 2.45) is 0 Å². The fraction of sp³-hybridized carbons (Fsp3) is 0.538. The second-order valence-electron chi connectivity index (χ2n) is 4.54. The average Bonchev–Trinajstić information content (AvgIpc) is 3.08. The summed E-state index contributed by atoms with van der Waals surface area (Å²) in [6.07, 6.45) is 1.79. The van der Waals surface area contributed by atoms with Crippen molar-refractivity contribution in [2.75, 3.05) is 6.61 Å². The molecule has 1 aromatic carbocycles. The lowest BCUT2D eigenvalue weighted by Crippen LogP contribution is -2.18. The molecule has 1 unspecified atom stereocenters. The Morgan fingerprint density at radius 1 is 1.53 bits per heavy atom. The molecule has 0 aromatic heterocycles. The summed E-state index contributed by atoms with van der Waals surface area (Å²) >= 11 is 0. The number of aliphatic hydroxyl groups is 1. The molecule has 0 bridgehead atoms. The largest absolute Gasteiger partial charge is 0.487 e. The van der Waals surface area contributed by atoms with E-state index in [2.05, 4.69) is 5.32 Å². The van der Waals surface area contributed by atoms with Gasteiger partial charge in [-0.05, 0) is 25.8 Å². The molecular weight excluding hydrogens is 221 g/mol. The molecule has 1 atom stereocenters. The number of para-hydroxylation sites is 1. The van der Waals surface area contributed by atoms with E-state index < -0.39 is 6.10 Å². The van der Waals surface area contributed by atoms with Gasteiger partial charge in [-0.1, -0.05) is 12.1 Å². The summed E-state index contributed by atoms with van der Waals surface area (Å²) in [7, 11) is 0. The van der Waals surface area contributed by atoms with Gasteiger partial charge in [0.05, 0.1) is 6.10 Å². The molecule has 17 heavy (non-hydrogen) atoms. The van der Waals surface area contributed by atoms with Crippen molar-refractivity contribution in [1.29, 1.82) is 0 Å². The van der Waals surface area contributed by atoms with Gasteiger partial charge in [0.25, 0.3) is 0 Å². The highest BCUT2D eigenvalue weighted by molar-refractivity contribution is 5.35. The fourth-order valence-electron chi connectivity index (χ4n) is 1.60. The zero-order chi connectivity index (χ0) is 12.3. The van der Waals surface area contributed by atoms with Crippen LogP contribution in [0.25, 0.3) is 0 Å². The standard InChI is InChI=1S/C13H18FNO2/c1-9(16)8-17-13-10(3-2-4-12(13)14)7-15-11-5-6-11/h2-4,9,11,15-16H,5-8H2,1H3. The number of halogens is 1. The second kappa shape index (κ2) is 5.47. The molecular formula is C13H18FNO2. The van der Waals surface area contributed by atoms with Crippen molar-refractivity contribution in [3.8, 4) is 5.75 Å². The SMILES string of the molecule is CC(O)COc1c(F)cccc1CNC1CC1. The molecule has 3 nitrogen and oxygen atoms in total. The number of hydrogen-bond acceptors (Lipinski definition) is 3. The third kappa shape index (κ3) is 3.68. The van der Waals surface area contributed by atoms with Gasteiger partial charge in [0, 0.05) is 18.2 Å². The maximum Gasteiger partial charge on any atom is 0.165 e. The summed E-state index contributed by atoms with van der Waals surface area (Å²) in [6.45, 7) is 2.33. The lowest BCUT2D eigenvalue weighted by molar-refractivity contribution is 0.119. The topological polar surface area (TPSA) is 41.5 Å². The summed E-state index contributed by atoms with van der Waals surface area (Å²) in [5.41, 5.74) is 0.803. The van der Waals surface area contributed by atoms with Gasteiger partial charge in [-0.2, -0.15) is 0 Å². The van der Waals surface area contributed by atoms with Gasteiger partial charge in [0.15, 0.2) is 11.6 Å². The highest BCUT2D eigenvalue weighted by Crippen LogP contribution is 2.25. The van der Waals surface area contributed by atoms with Crippen LogP contribution in [0.1, 0.15) is 25.3 Å². The number of aliphatic hydroxyl groups excluding tert-OH is 1. The molecule has 0 heterocycles. The monoisotopic (exact) mass is 239 g/mol. The Morgan fingerprint density at radius 2 is 2.29 bits per heavy atom. The Hall–Kier alpha value is -1.13. The fourth-order valence-corrected chi connectivity index (χ4v) is 1.60. The minimum atomic E-state index is -0.598. The molecule has 1 saturated carbocycles. The summed E-state index contributed by atoms with van der Waals surface area (Å²) in [6, 6.07) is 5.46. The first-order valence-electron chi connectivity index (χ1n) is 5.98. The van der Waals surface area contributed by atoms with E-state index in [1.807, 2.05) is 6.07 Å². The van der Waals surface area contributed by atoms with Crippen LogP contribution >= 0.6 is 0 Å². The van der Waals surface area contributed by atoms with Crippen LogP contribution in [0, 0.1) is 5.82 Å². The molecule has 2 rings (SSSR count). The summed E-state index contributed by atoms with van der Waals surface area (Å²) < 4.78 is 18.9. The van der Waals surface area contributed by atoms with Gasteiger partial charge < -0.3 is 15.2 Å². The molecule has 0 aliphatic heterocycles. The Balaban J connectivity index is 2.03. The molecule has 1 aromatic rings. The van der Waals surface area contributed by atoms with Crippen LogP contribution in [0.2, 0.25) is 0 Å². The molecule has 1 fully saturated rings. The van der Waals surface area contributed by atoms with Crippen molar-refractivity contribution in [3.63, 3.8) is 0 Å². The maximum absolute atomic E-state index is 13.6. The molecule has 4 heteroatoms. The minimum Gasteiger partial charge on any atom is -0.487 e. The third-order valence-electron chi connectivity index (χ3n) is 2.68. The predicted molar refractivity (Wildman–Crippen MR) is 63.4 cm³/mol. The first kappa shape index (κ1) is 12.3. The van der Waals surface area contributed by atoms with Crippen LogP contribution in [0.5, 0.6) is 5.75 Å². The Morgan fingerprint density at radius 3 is 2.94 bits per heavy atom. The van der Waals surface area contributed by atoms with Gasteiger partial charge in [-0.15, -0.1) is 0 Å². The van der Waals surface area contributed by atoms with E-state index in [9.17, 15) is 4.39 Å². The summed E-state index contributed by atoms with van der Waals surface area (Å²) in [5, 5.41) is 12.5. The average molecular weight is 239 g/mol. The maximum atomic E-state index is 13.6. The van der Waals surface area contributed by atoms with Crippen LogP contribution < -0.4 is 10.1 Å². The van der Waals surface area contributed by atoms with Crippen LogP contribution in [0.4, 0.5) is 4.39 Å². The highest BCUT2D eigenvalue weighted by Gasteiger charge is 2.21. The van der Waals surface area contributed by atoms with E-state index in [1.165, 1.54) is 18.9 Å². The zero-order valence-electron chi connectivity index (χ0n) is 9.95. The molecule has 0 saturated heterocycles. The number of hydrogen-bond donors (Lipinski definition) is 2. The first-order valence-corrected chi connectivity index (χ1v) is 5.98. The van der Waals surface area contributed by atoms with Gasteiger partial charge in [0.1, 0.15) is 6.61 Å². The molecule has 1 aliphatic rings. The van der Waals surface area contributed by atoms with E-state index in [0.717, 1.165) is 5.56 Å². The van der Waals surface area contributed by atoms with E-state index in [-0.39, 0.29) is 18.2 Å². The predicted octanol–water partition coefficient (Wildman–Crippen LogP) is 1.84. The third-order valence-corrected chi connectivity index (χ3v) is 2.68. The van der Waals surface area contributed by atoms with Gasteiger partial charge in [-0.25, -0.2) is 4.39 Å². The Bertz CT molecular complexity index is 378. The quantitative estimate of drug-likeness (QED) is 0.796.